The largest absolute Gasteiger partial charge is 0.462 e. The van der Waals surface area contributed by atoms with E-state index in [2.05, 4.69) is 10.0 Å². The van der Waals surface area contributed by atoms with Gasteiger partial charge in [-0.05, 0) is 44.5 Å². The van der Waals surface area contributed by atoms with Crippen LogP contribution in [0.3, 0.4) is 0 Å². The van der Waals surface area contributed by atoms with Gasteiger partial charge in [0.1, 0.15) is 18.8 Å². The first-order chi connectivity index (χ1) is 12.3. The molecule has 138 valence electrons. The summed E-state index contributed by atoms with van der Waals surface area (Å²) in [5, 5.41) is 3.47. The summed E-state index contributed by atoms with van der Waals surface area (Å²) in [4.78, 5) is 26.9. The number of carbonyl (C=O) groups excluding carboxylic acids is 2. The molecule has 0 saturated heterocycles. The molecule has 0 N–H and O–H groups in total. The fourth-order valence-corrected chi connectivity index (χ4v) is 2.14. The summed E-state index contributed by atoms with van der Waals surface area (Å²) in [5.74, 6) is -0.942. The Labute approximate surface area is 151 Å². The van der Waals surface area contributed by atoms with Crippen LogP contribution in [0.1, 0.15) is 31.1 Å². The Morgan fingerprint density at radius 1 is 1.23 bits per heavy atom. The third-order valence-electron chi connectivity index (χ3n) is 3.56. The minimum atomic E-state index is -0.856. The molecule has 0 radical (unpaired) electrons. The van der Waals surface area contributed by atoms with Gasteiger partial charge in [-0.2, -0.15) is 0 Å². The van der Waals surface area contributed by atoms with Crippen molar-refractivity contribution in [3.63, 3.8) is 0 Å². The lowest BCUT2D eigenvalue weighted by molar-refractivity contribution is -0.162. The molecule has 0 aliphatic carbocycles. The molecule has 8 nitrogen and oxygen atoms in total. The SMILES string of the molecule is CC(C)(C)C(=O)OC[C@H]1O[C@@H](N=[N+]=[N-])C=C[C@@H]1OC(=O)c1ccccc1. The molecular weight excluding hydrogens is 338 g/mol. The summed E-state index contributed by atoms with van der Waals surface area (Å²) in [6.07, 6.45) is 0.643. The Hall–Kier alpha value is -2.83. The average molecular weight is 359 g/mol. The Morgan fingerprint density at radius 2 is 1.92 bits per heavy atom. The first-order valence-electron chi connectivity index (χ1n) is 8.12. The number of azide groups is 1. The van der Waals surface area contributed by atoms with Crippen molar-refractivity contribution in [2.24, 2.45) is 10.5 Å². The molecule has 0 unspecified atom stereocenters. The summed E-state index contributed by atoms with van der Waals surface area (Å²) in [5.41, 5.74) is 8.28. The van der Waals surface area contributed by atoms with Crippen molar-refractivity contribution in [3.8, 4) is 0 Å². The van der Waals surface area contributed by atoms with Crippen LogP contribution in [0.15, 0.2) is 47.6 Å². The van der Waals surface area contributed by atoms with Gasteiger partial charge >= 0.3 is 11.9 Å². The lowest BCUT2D eigenvalue weighted by atomic mass is 9.97. The predicted molar refractivity (Wildman–Crippen MR) is 93.0 cm³/mol. The molecule has 1 aromatic rings. The van der Waals surface area contributed by atoms with E-state index in [-0.39, 0.29) is 6.61 Å². The van der Waals surface area contributed by atoms with Crippen LogP contribution in [0, 0.1) is 5.41 Å². The van der Waals surface area contributed by atoms with Gasteiger partial charge in [0.05, 0.1) is 11.0 Å². The van der Waals surface area contributed by atoms with Crippen LogP contribution in [-0.4, -0.2) is 37.0 Å². The summed E-state index contributed by atoms with van der Waals surface area (Å²) in [7, 11) is 0. The predicted octanol–water partition coefficient (Wildman–Crippen LogP) is 3.39. The van der Waals surface area contributed by atoms with Crippen LogP contribution in [-0.2, 0) is 19.0 Å². The summed E-state index contributed by atoms with van der Waals surface area (Å²) in [6, 6.07) is 8.51. The molecule has 3 atom stereocenters. The number of hydrogen-bond acceptors (Lipinski definition) is 6. The van der Waals surface area contributed by atoms with Gasteiger partial charge in [0, 0.05) is 4.91 Å². The summed E-state index contributed by atoms with van der Waals surface area (Å²) in [6.45, 7) is 5.05. The molecule has 0 saturated carbocycles. The number of carbonyl (C=O) groups is 2. The molecular formula is C18H21N3O5. The van der Waals surface area contributed by atoms with Crippen LogP contribution in [0.5, 0.6) is 0 Å². The van der Waals surface area contributed by atoms with Crippen molar-refractivity contribution >= 4 is 11.9 Å². The van der Waals surface area contributed by atoms with E-state index in [4.69, 9.17) is 19.7 Å². The van der Waals surface area contributed by atoms with Gasteiger partial charge in [0.25, 0.3) is 0 Å². The fourth-order valence-electron chi connectivity index (χ4n) is 2.14. The van der Waals surface area contributed by atoms with E-state index in [9.17, 15) is 9.59 Å². The number of ether oxygens (including phenoxy) is 3. The molecule has 0 amide bonds. The van der Waals surface area contributed by atoms with E-state index in [1.165, 1.54) is 6.08 Å². The van der Waals surface area contributed by atoms with E-state index >= 15 is 0 Å². The second kappa shape index (κ2) is 8.51. The first kappa shape index (κ1) is 19.5. The Balaban J connectivity index is 2.09. The molecule has 1 aliphatic rings. The molecule has 8 heteroatoms. The average Bonchev–Trinajstić information content (AvgIpc) is 2.61. The maximum Gasteiger partial charge on any atom is 0.338 e. The minimum absolute atomic E-state index is 0.134. The molecule has 1 heterocycles. The smallest absolute Gasteiger partial charge is 0.338 e. The highest BCUT2D eigenvalue weighted by molar-refractivity contribution is 5.89. The highest BCUT2D eigenvalue weighted by atomic mass is 16.6. The number of rotatable bonds is 5. The molecule has 0 spiro atoms. The Kier molecular flexibility index (Phi) is 6.38. The summed E-state index contributed by atoms with van der Waals surface area (Å²) >= 11 is 0. The van der Waals surface area contributed by atoms with Crippen LogP contribution >= 0.6 is 0 Å². The monoisotopic (exact) mass is 359 g/mol. The molecule has 0 aromatic heterocycles. The highest BCUT2D eigenvalue weighted by Crippen LogP contribution is 2.21. The lowest BCUT2D eigenvalue weighted by Gasteiger charge is -2.30. The third-order valence-corrected chi connectivity index (χ3v) is 3.56. The van der Waals surface area contributed by atoms with Crippen LogP contribution in [0.2, 0.25) is 0 Å². The van der Waals surface area contributed by atoms with Crippen molar-refractivity contribution in [2.45, 2.75) is 39.2 Å². The van der Waals surface area contributed by atoms with Crippen molar-refractivity contribution in [1.82, 2.24) is 0 Å². The molecule has 1 aliphatic heterocycles. The van der Waals surface area contributed by atoms with Crippen molar-refractivity contribution < 1.29 is 23.8 Å². The number of esters is 2. The standard InChI is InChI=1S/C18H21N3O5/c1-18(2,3)17(23)24-11-14-13(9-10-15(25-14)20-21-19)26-16(22)12-7-5-4-6-8-12/h4-10,13-15H,11H2,1-3H3/t13-,14+,15+/m0/s1. The van der Waals surface area contributed by atoms with Gasteiger partial charge in [0.15, 0.2) is 6.23 Å². The van der Waals surface area contributed by atoms with Crippen molar-refractivity contribution in [1.29, 1.82) is 0 Å². The lowest BCUT2D eigenvalue weighted by Crippen LogP contribution is -2.42. The quantitative estimate of drug-likeness (QED) is 0.263. The van der Waals surface area contributed by atoms with E-state index < -0.39 is 35.8 Å². The maximum atomic E-state index is 12.3. The Bertz CT molecular complexity index is 720. The van der Waals surface area contributed by atoms with Crippen LogP contribution in [0.25, 0.3) is 10.4 Å². The molecule has 1 aromatic carbocycles. The van der Waals surface area contributed by atoms with E-state index in [1.54, 1.807) is 57.2 Å². The zero-order chi connectivity index (χ0) is 19.2. The molecule has 26 heavy (non-hydrogen) atoms. The van der Waals surface area contributed by atoms with Crippen LogP contribution in [0.4, 0.5) is 0 Å². The molecule has 2 rings (SSSR count). The Morgan fingerprint density at radius 3 is 2.54 bits per heavy atom. The normalized spacial score (nSPS) is 22.2. The van der Waals surface area contributed by atoms with Crippen molar-refractivity contribution in [2.75, 3.05) is 6.61 Å². The zero-order valence-corrected chi connectivity index (χ0v) is 14.9. The van der Waals surface area contributed by atoms with Gasteiger partial charge in [-0.25, -0.2) is 4.79 Å². The van der Waals surface area contributed by atoms with Crippen molar-refractivity contribution in [3.05, 3.63) is 58.5 Å². The second-order valence-electron chi connectivity index (χ2n) is 6.74. The molecule has 0 bridgehead atoms. The number of nitrogens with zero attached hydrogens (tertiary/aromatic N) is 3. The zero-order valence-electron chi connectivity index (χ0n) is 14.9. The third kappa shape index (κ3) is 5.34. The topological polar surface area (TPSA) is 111 Å². The minimum Gasteiger partial charge on any atom is -0.462 e. The van der Waals surface area contributed by atoms with E-state index in [0.29, 0.717) is 5.56 Å². The van der Waals surface area contributed by atoms with Gasteiger partial charge in [-0.1, -0.05) is 29.4 Å². The number of hydrogen-bond donors (Lipinski definition) is 0. The maximum absolute atomic E-state index is 12.3. The first-order valence-corrected chi connectivity index (χ1v) is 8.12. The van der Waals surface area contributed by atoms with Gasteiger partial charge in [-0.15, -0.1) is 0 Å². The molecule has 0 fully saturated rings. The van der Waals surface area contributed by atoms with Gasteiger partial charge in [0.2, 0.25) is 0 Å². The van der Waals surface area contributed by atoms with Gasteiger partial charge in [-0.3, -0.25) is 4.79 Å². The fraction of sp³-hybridized carbons (Fsp3) is 0.444. The van der Waals surface area contributed by atoms with Gasteiger partial charge < -0.3 is 14.2 Å². The van der Waals surface area contributed by atoms with E-state index in [0.717, 1.165) is 0 Å². The summed E-state index contributed by atoms with van der Waals surface area (Å²) < 4.78 is 16.3. The van der Waals surface area contributed by atoms with E-state index in [1.807, 2.05) is 0 Å². The highest BCUT2D eigenvalue weighted by Gasteiger charge is 2.33. The second-order valence-corrected chi connectivity index (χ2v) is 6.74. The number of benzene rings is 1. The van der Waals surface area contributed by atoms with Crippen LogP contribution < -0.4 is 0 Å².